The Morgan fingerprint density at radius 1 is 1.70 bits per heavy atom. The maximum atomic E-state index is 11.1. The summed E-state index contributed by atoms with van der Waals surface area (Å²) in [4.78, 5) is 11.1. The Kier molecular flexibility index (Phi) is 3.16. The van der Waals surface area contributed by atoms with Crippen molar-refractivity contribution in [1.82, 2.24) is 5.32 Å². The maximum Gasteiger partial charge on any atom is 0.138 e. The molecule has 1 N–H and O–H groups in total. The quantitative estimate of drug-likeness (QED) is 0.607. The van der Waals surface area contributed by atoms with Crippen molar-refractivity contribution >= 4 is 17.4 Å². The lowest BCUT2D eigenvalue weighted by Crippen LogP contribution is -2.36. The second-order valence-corrected chi connectivity index (χ2v) is 2.97. The molecule has 0 spiro atoms. The molecule has 0 saturated carbocycles. The van der Waals surface area contributed by atoms with Crippen LogP contribution in [0.25, 0.3) is 0 Å². The SMILES string of the molecule is O=C1CCNCC1CCCl. The van der Waals surface area contributed by atoms with Crippen molar-refractivity contribution in [2.24, 2.45) is 5.92 Å². The van der Waals surface area contributed by atoms with Gasteiger partial charge in [-0.15, -0.1) is 11.6 Å². The van der Waals surface area contributed by atoms with Crippen LogP contribution in [-0.4, -0.2) is 24.8 Å². The van der Waals surface area contributed by atoms with Gasteiger partial charge in [0, 0.05) is 31.3 Å². The predicted molar refractivity (Wildman–Crippen MR) is 41.3 cm³/mol. The summed E-state index contributed by atoms with van der Waals surface area (Å²) in [5, 5.41) is 3.17. The second kappa shape index (κ2) is 3.94. The van der Waals surface area contributed by atoms with Gasteiger partial charge in [-0.25, -0.2) is 0 Å². The summed E-state index contributed by atoms with van der Waals surface area (Å²) in [7, 11) is 0. The van der Waals surface area contributed by atoms with Crippen LogP contribution in [0.4, 0.5) is 0 Å². The molecule has 0 bridgehead atoms. The van der Waals surface area contributed by atoms with Gasteiger partial charge in [-0.05, 0) is 6.42 Å². The molecule has 0 aromatic carbocycles. The number of alkyl halides is 1. The Morgan fingerprint density at radius 3 is 3.10 bits per heavy atom. The number of carbonyl (C=O) groups excluding carboxylic acids is 1. The van der Waals surface area contributed by atoms with E-state index < -0.39 is 0 Å². The van der Waals surface area contributed by atoms with E-state index in [2.05, 4.69) is 5.32 Å². The molecule has 1 aliphatic rings. The number of piperidine rings is 1. The van der Waals surface area contributed by atoms with Crippen LogP contribution in [-0.2, 0) is 4.79 Å². The lowest BCUT2D eigenvalue weighted by molar-refractivity contribution is -0.123. The summed E-state index contributed by atoms with van der Waals surface area (Å²) >= 11 is 5.52. The minimum atomic E-state index is 0.186. The lowest BCUT2D eigenvalue weighted by Gasteiger charge is -2.20. The number of hydrogen-bond acceptors (Lipinski definition) is 2. The second-order valence-electron chi connectivity index (χ2n) is 2.60. The molecular formula is C7H12ClNO. The molecular weight excluding hydrogens is 150 g/mol. The van der Waals surface area contributed by atoms with Crippen LogP contribution < -0.4 is 5.32 Å². The molecule has 1 fully saturated rings. The number of halogens is 1. The first kappa shape index (κ1) is 8.02. The van der Waals surface area contributed by atoms with Crippen LogP contribution in [0.2, 0.25) is 0 Å². The van der Waals surface area contributed by atoms with Gasteiger partial charge in [0.2, 0.25) is 0 Å². The zero-order valence-corrected chi connectivity index (χ0v) is 6.66. The Morgan fingerprint density at radius 2 is 2.50 bits per heavy atom. The molecule has 10 heavy (non-hydrogen) atoms. The van der Waals surface area contributed by atoms with Gasteiger partial charge in [0.05, 0.1) is 0 Å². The first-order valence-corrected chi connectivity index (χ1v) is 4.17. The van der Waals surface area contributed by atoms with Crippen molar-refractivity contribution < 1.29 is 4.79 Å². The summed E-state index contributed by atoms with van der Waals surface area (Å²) in [6.07, 6.45) is 1.51. The number of Topliss-reactive ketones (excluding diaryl/α,β-unsaturated/α-hetero) is 1. The van der Waals surface area contributed by atoms with E-state index in [-0.39, 0.29) is 5.92 Å². The van der Waals surface area contributed by atoms with Gasteiger partial charge < -0.3 is 5.32 Å². The summed E-state index contributed by atoms with van der Waals surface area (Å²) in [5.74, 6) is 1.16. The molecule has 0 amide bonds. The smallest absolute Gasteiger partial charge is 0.138 e. The molecule has 0 aromatic rings. The van der Waals surface area contributed by atoms with E-state index >= 15 is 0 Å². The van der Waals surface area contributed by atoms with Gasteiger partial charge in [0.1, 0.15) is 5.78 Å². The van der Waals surface area contributed by atoms with Gasteiger partial charge in [-0.3, -0.25) is 4.79 Å². The van der Waals surface area contributed by atoms with Crippen LogP contribution in [0.3, 0.4) is 0 Å². The van der Waals surface area contributed by atoms with Gasteiger partial charge in [-0.2, -0.15) is 0 Å². The van der Waals surface area contributed by atoms with Crippen molar-refractivity contribution in [3.63, 3.8) is 0 Å². The summed E-state index contributed by atoms with van der Waals surface area (Å²) in [6.45, 7) is 1.67. The maximum absolute atomic E-state index is 11.1. The standard InChI is InChI=1S/C7H12ClNO/c8-3-1-6-5-9-4-2-7(6)10/h6,9H,1-5H2. The third-order valence-corrected chi connectivity index (χ3v) is 2.07. The number of rotatable bonds is 2. The van der Waals surface area contributed by atoms with Gasteiger partial charge >= 0.3 is 0 Å². The van der Waals surface area contributed by atoms with E-state index in [9.17, 15) is 4.79 Å². The van der Waals surface area contributed by atoms with Gasteiger partial charge in [0.15, 0.2) is 0 Å². The summed E-state index contributed by atoms with van der Waals surface area (Å²) in [6, 6.07) is 0. The summed E-state index contributed by atoms with van der Waals surface area (Å²) < 4.78 is 0. The molecule has 1 saturated heterocycles. The minimum absolute atomic E-state index is 0.186. The molecule has 2 nitrogen and oxygen atoms in total. The molecule has 0 radical (unpaired) electrons. The van der Waals surface area contributed by atoms with Crippen molar-refractivity contribution in [3.05, 3.63) is 0 Å². The van der Waals surface area contributed by atoms with E-state index in [0.717, 1.165) is 19.5 Å². The third-order valence-electron chi connectivity index (χ3n) is 1.85. The lowest BCUT2D eigenvalue weighted by atomic mass is 9.96. The molecule has 1 heterocycles. The Balaban J connectivity index is 2.32. The Bertz CT molecular complexity index is 125. The Labute approximate surface area is 65.9 Å². The number of carbonyl (C=O) groups is 1. The van der Waals surface area contributed by atoms with Crippen molar-refractivity contribution in [1.29, 1.82) is 0 Å². The molecule has 1 rings (SSSR count). The van der Waals surface area contributed by atoms with E-state index in [1.807, 2.05) is 0 Å². The van der Waals surface area contributed by atoms with Crippen LogP contribution >= 0.6 is 11.6 Å². The Hall–Kier alpha value is -0.0800. The monoisotopic (exact) mass is 161 g/mol. The van der Waals surface area contributed by atoms with E-state index in [1.54, 1.807) is 0 Å². The summed E-state index contributed by atoms with van der Waals surface area (Å²) in [5.41, 5.74) is 0. The van der Waals surface area contributed by atoms with E-state index in [4.69, 9.17) is 11.6 Å². The van der Waals surface area contributed by atoms with Crippen molar-refractivity contribution in [2.45, 2.75) is 12.8 Å². The number of hydrogen-bond donors (Lipinski definition) is 1. The highest BCUT2D eigenvalue weighted by atomic mass is 35.5. The zero-order chi connectivity index (χ0) is 7.40. The van der Waals surface area contributed by atoms with Gasteiger partial charge in [-0.1, -0.05) is 0 Å². The predicted octanol–water partition coefficient (Wildman–Crippen LogP) is 0.794. The highest BCUT2D eigenvalue weighted by Gasteiger charge is 2.20. The molecule has 1 aliphatic heterocycles. The molecule has 0 aliphatic carbocycles. The molecule has 0 aromatic heterocycles. The molecule has 1 unspecified atom stereocenters. The molecule has 58 valence electrons. The third kappa shape index (κ3) is 1.96. The van der Waals surface area contributed by atoms with Gasteiger partial charge in [0.25, 0.3) is 0 Å². The highest BCUT2D eigenvalue weighted by molar-refractivity contribution is 6.18. The first-order valence-electron chi connectivity index (χ1n) is 3.64. The fraction of sp³-hybridized carbons (Fsp3) is 0.857. The zero-order valence-electron chi connectivity index (χ0n) is 5.90. The highest BCUT2D eigenvalue weighted by Crippen LogP contribution is 2.10. The normalized spacial score (nSPS) is 26.9. The fourth-order valence-corrected chi connectivity index (χ4v) is 1.46. The van der Waals surface area contributed by atoms with Crippen LogP contribution in [0.5, 0.6) is 0 Å². The van der Waals surface area contributed by atoms with E-state index in [1.165, 1.54) is 0 Å². The van der Waals surface area contributed by atoms with Crippen LogP contribution in [0, 0.1) is 5.92 Å². The number of ketones is 1. The fourth-order valence-electron chi connectivity index (χ4n) is 1.20. The average molecular weight is 162 g/mol. The first-order chi connectivity index (χ1) is 4.84. The topological polar surface area (TPSA) is 29.1 Å². The van der Waals surface area contributed by atoms with Crippen LogP contribution in [0.15, 0.2) is 0 Å². The largest absolute Gasteiger partial charge is 0.316 e. The van der Waals surface area contributed by atoms with E-state index in [0.29, 0.717) is 18.1 Å². The average Bonchev–Trinajstić information content (AvgIpc) is 1.94. The minimum Gasteiger partial charge on any atom is -0.316 e. The number of nitrogens with one attached hydrogen (secondary N) is 1. The van der Waals surface area contributed by atoms with Crippen molar-refractivity contribution in [3.8, 4) is 0 Å². The van der Waals surface area contributed by atoms with Crippen LogP contribution in [0.1, 0.15) is 12.8 Å². The molecule has 3 heteroatoms. The molecule has 1 atom stereocenters. The van der Waals surface area contributed by atoms with Crippen molar-refractivity contribution in [2.75, 3.05) is 19.0 Å².